The third kappa shape index (κ3) is 3.69. The molecule has 0 spiro atoms. The molecular weight excluding hydrogens is 244 g/mol. The van der Waals surface area contributed by atoms with Crippen molar-refractivity contribution in [3.63, 3.8) is 0 Å². The molecule has 1 saturated heterocycles. The Morgan fingerprint density at radius 3 is 2.47 bits per heavy atom. The number of carboxylic acid groups (broad SMARTS) is 1. The summed E-state index contributed by atoms with van der Waals surface area (Å²) in [4.78, 5) is 25.6. The molecule has 1 aliphatic carbocycles. The van der Waals surface area contributed by atoms with Crippen LogP contribution in [0.2, 0.25) is 0 Å². The lowest BCUT2D eigenvalue weighted by atomic mass is 9.78. The predicted octanol–water partition coefficient (Wildman–Crippen LogP) is 0.945. The minimum absolute atomic E-state index is 0.0540. The van der Waals surface area contributed by atoms with Crippen molar-refractivity contribution >= 4 is 11.9 Å². The van der Waals surface area contributed by atoms with Crippen molar-refractivity contribution in [2.75, 3.05) is 26.7 Å². The van der Waals surface area contributed by atoms with E-state index in [1.807, 2.05) is 0 Å². The van der Waals surface area contributed by atoms with E-state index < -0.39 is 11.9 Å². The zero-order chi connectivity index (χ0) is 13.8. The van der Waals surface area contributed by atoms with Crippen molar-refractivity contribution in [1.29, 1.82) is 0 Å². The van der Waals surface area contributed by atoms with Crippen molar-refractivity contribution in [1.82, 2.24) is 10.2 Å². The van der Waals surface area contributed by atoms with Crippen molar-refractivity contribution < 1.29 is 14.7 Å². The molecule has 0 aromatic rings. The highest BCUT2D eigenvalue weighted by molar-refractivity contribution is 5.84. The van der Waals surface area contributed by atoms with Crippen molar-refractivity contribution in [3.05, 3.63) is 0 Å². The first kappa shape index (κ1) is 14.3. The van der Waals surface area contributed by atoms with Gasteiger partial charge in [0.05, 0.1) is 11.8 Å². The summed E-state index contributed by atoms with van der Waals surface area (Å²) in [5.41, 5.74) is 0. The first-order chi connectivity index (χ1) is 9.08. The lowest BCUT2D eigenvalue weighted by Gasteiger charge is -2.27. The van der Waals surface area contributed by atoms with Gasteiger partial charge in [0.25, 0.3) is 0 Å². The van der Waals surface area contributed by atoms with E-state index in [1.165, 1.54) is 0 Å². The Morgan fingerprint density at radius 2 is 1.89 bits per heavy atom. The Morgan fingerprint density at radius 1 is 1.21 bits per heavy atom. The van der Waals surface area contributed by atoms with E-state index in [-0.39, 0.29) is 11.8 Å². The van der Waals surface area contributed by atoms with Gasteiger partial charge in [0.2, 0.25) is 5.91 Å². The highest BCUT2D eigenvalue weighted by Gasteiger charge is 2.35. The Kier molecular flexibility index (Phi) is 4.80. The SMILES string of the molecule is CN1CCC(CNC(=O)[C@@H]2CCCC[C@@H]2C(=O)O)C1. The van der Waals surface area contributed by atoms with Gasteiger partial charge in [-0.2, -0.15) is 0 Å². The number of aliphatic carboxylic acids is 1. The fraction of sp³-hybridized carbons (Fsp3) is 0.857. The number of amides is 1. The van der Waals surface area contributed by atoms with Crippen LogP contribution in [-0.2, 0) is 9.59 Å². The van der Waals surface area contributed by atoms with Crippen LogP contribution in [0.1, 0.15) is 32.1 Å². The average molecular weight is 268 g/mol. The summed E-state index contributed by atoms with van der Waals surface area (Å²) in [6, 6.07) is 0. The predicted molar refractivity (Wildman–Crippen MR) is 71.7 cm³/mol. The van der Waals surface area contributed by atoms with E-state index in [4.69, 9.17) is 0 Å². The molecule has 1 amide bonds. The zero-order valence-electron chi connectivity index (χ0n) is 11.6. The topological polar surface area (TPSA) is 69.6 Å². The van der Waals surface area contributed by atoms with Gasteiger partial charge in [-0.25, -0.2) is 0 Å². The molecule has 2 rings (SSSR count). The standard InChI is InChI=1S/C14H24N2O3/c1-16-7-6-10(9-16)8-15-13(17)11-4-2-3-5-12(11)14(18)19/h10-12H,2-9H2,1H3,(H,15,17)(H,18,19)/t10?,11-,12+/m1/s1. The van der Waals surface area contributed by atoms with Gasteiger partial charge in [0.1, 0.15) is 0 Å². The van der Waals surface area contributed by atoms with Gasteiger partial charge in [-0.15, -0.1) is 0 Å². The molecule has 0 radical (unpaired) electrons. The fourth-order valence-electron chi connectivity index (χ4n) is 3.31. The number of rotatable bonds is 4. The van der Waals surface area contributed by atoms with Crippen LogP contribution in [0, 0.1) is 17.8 Å². The van der Waals surface area contributed by atoms with E-state index in [0.717, 1.165) is 32.4 Å². The highest BCUT2D eigenvalue weighted by atomic mass is 16.4. The lowest BCUT2D eigenvalue weighted by molar-refractivity contribution is -0.148. The van der Waals surface area contributed by atoms with Crippen LogP contribution in [0.3, 0.4) is 0 Å². The Labute approximate surface area is 114 Å². The average Bonchev–Trinajstić information content (AvgIpc) is 2.81. The van der Waals surface area contributed by atoms with Gasteiger partial charge in [0.15, 0.2) is 0 Å². The van der Waals surface area contributed by atoms with E-state index >= 15 is 0 Å². The monoisotopic (exact) mass is 268 g/mol. The van der Waals surface area contributed by atoms with Gasteiger partial charge in [-0.05, 0) is 38.8 Å². The molecule has 1 heterocycles. The van der Waals surface area contributed by atoms with Gasteiger partial charge < -0.3 is 15.3 Å². The summed E-state index contributed by atoms with van der Waals surface area (Å²) in [6.07, 6.45) is 4.36. The third-order valence-electron chi connectivity index (χ3n) is 4.47. The second-order valence-corrected chi connectivity index (χ2v) is 6.00. The van der Waals surface area contributed by atoms with E-state index in [2.05, 4.69) is 17.3 Å². The molecule has 2 fully saturated rings. The molecule has 0 bridgehead atoms. The number of carbonyl (C=O) groups is 2. The molecule has 2 aliphatic rings. The van der Waals surface area contributed by atoms with Gasteiger partial charge in [-0.1, -0.05) is 12.8 Å². The lowest BCUT2D eigenvalue weighted by Crippen LogP contribution is -2.41. The summed E-state index contributed by atoms with van der Waals surface area (Å²) in [5.74, 6) is -1.17. The zero-order valence-corrected chi connectivity index (χ0v) is 11.6. The van der Waals surface area contributed by atoms with Crippen molar-refractivity contribution in [2.24, 2.45) is 17.8 Å². The smallest absolute Gasteiger partial charge is 0.307 e. The van der Waals surface area contributed by atoms with Gasteiger partial charge >= 0.3 is 5.97 Å². The maximum atomic E-state index is 12.2. The highest BCUT2D eigenvalue weighted by Crippen LogP contribution is 2.30. The van der Waals surface area contributed by atoms with E-state index in [0.29, 0.717) is 25.3 Å². The fourth-order valence-corrected chi connectivity index (χ4v) is 3.31. The Bertz CT molecular complexity index is 346. The number of likely N-dealkylation sites (tertiary alicyclic amines) is 1. The van der Waals surface area contributed by atoms with Gasteiger partial charge in [0, 0.05) is 13.1 Å². The maximum absolute atomic E-state index is 12.2. The second kappa shape index (κ2) is 6.37. The molecule has 0 aromatic carbocycles. The molecule has 108 valence electrons. The summed E-state index contributed by atoms with van der Waals surface area (Å²) in [6.45, 7) is 2.79. The molecular formula is C14H24N2O3. The summed E-state index contributed by atoms with van der Waals surface area (Å²) in [7, 11) is 2.09. The summed E-state index contributed by atoms with van der Waals surface area (Å²) >= 11 is 0. The molecule has 1 unspecified atom stereocenters. The molecule has 1 saturated carbocycles. The first-order valence-corrected chi connectivity index (χ1v) is 7.27. The first-order valence-electron chi connectivity index (χ1n) is 7.27. The molecule has 2 N–H and O–H groups in total. The second-order valence-electron chi connectivity index (χ2n) is 6.00. The van der Waals surface area contributed by atoms with Crippen LogP contribution in [0.5, 0.6) is 0 Å². The number of carboxylic acids is 1. The number of nitrogens with one attached hydrogen (secondary N) is 1. The van der Waals surface area contributed by atoms with Crippen LogP contribution in [0.4, 0.5) is 0 Å². The van der Waals surface area contributed by atoms with Crippen LogP contribution in [-0.4, -0.2) is 48.6 Å². The van der Waals surface area contributed by atoms with Crippen molar-refractivity contribution in [3.8, 4) is 0 Å². The van der Waals surface area contributed by atoms with Crippen molar-refractivity contribution in [2.45, 2.75) is 32.1 Å². The van der Waals surface area contributed by atoms with Crippen LogP contribution >= 0.6 is 0 Å². The van der Waals surface area contributed by atoms with E-state index in [9.17, 15) is 14.7 Å². The minimum atomic E-state index is -0.819. The summed E-state index contributed by atoms with van der Waals surface area (Å²) in [5, 5.41) is 12.2. The molecule has 1 aliphatic heterocycles. The van der Waals surface area contributed by atoms with Crippen LogP contribution in [0.15, 0.2) is 0 Å². The largest absolute Gasteiger partial charge is 0.481 e. The van der Waals surface area contributed by atoms with Crippen LogP contribution < -0.4 is 5.32 Å². The number of hydrogen-bond acceptors (Lipinski definition) is 3. The van der Waals surface area contributed by atoms with Gasteiger partial charge in [-0.3, -0.25) is 9.59 Å². The summed E-state index contributed by atoms with van der Waals surface area (Å²) < 4.78 is 0. The quantitative estimate of drug-likeness (QED) is 0.796. The third-order valence-corrected chi connectivity index (χ3v) is 4.47. The molecule has 19 heavy (non-hydrogen) atoms. The molecule has 0 aromatic heterocycles. The van der Waals surface area contributed by atoms with E-state index in [1.54, 1.807) is 0 Å². The maximum Gasteiger partial charge on any atom is 0.307 e. The number of hydrogen-bond donors (Lipinski definition) is 2. The Balaban J connectivity index is 1.82. The number of nitrogens with zero attached hydrogens (tertiary/aromatic N) is 1. The molecule has 5 heteroatoms. The molecule has 3 atom stereocenters. The minimum Gasteiger partial charge on any atom is -0.481 e. The van der Waals surface area contributed by atoms with Crippen LogP contribution in [0.25, 0.3) is 0 Å². The number of carbonyl (C=O) groups excluding carboxylic acids is 1. The molecule has 5 nitrogen and oxygen atoms in total. The Hall–Kier alpha value is -1.10. The normalized spacial score (nSPS) is 32.2.